The van der Waals surface area contributed by atoms with Crippen molar-refractivity contribution < 1.29 is 13.9 Å². The molecule has 7 nitrogen and oxygen atoms in total. The van der Waals surface area contributed by atoms with Gasteiger partial charge in [0.05, 0.1) is 13.3 Å². The van der Waals surface area contributed by atoms with E-state index in [0.717, 1.165) is 11.6 Å². The topological polar surface area (TPSA) is 119 Å². The highest BCUT2D eigenvalue weighted by Gasteiger charge is 2.38. The summed E-state index contributed by atoms with van der Waals surface area (Å²) in [5.41, 5.74) is 10.1. The van der Waals surface area contributed by atoms with Crippen LogP contribution in [0.1, 0.15) is 16.1 Å². The first-order valence-electron chi connectivity index (χ1n) is 6.48. The standard InChI is InChI=1S/C14H14FN5O2/c1-22-11(21)10-4-7-2-3-8(5-9(7)19-10)14(15)6-18-13(17)20-12(14)16/h2-6,13,19H,17H2,1H3,(H2,16,20). The van der Waals surface area contributed by atoms with Gasteiger partial charge in [0, 0.05) is 16.5 Å². The molecule has 0 fully saturated rings. The van der Waals surface area contributed by atoms with Crippen LogP contribution >= 0.6 is 0 Å². The van der Waals surface area contributed by atoms with E-state index in [1.165, 1.54) is 7.11 Å². The van der Waals surface area contributed by atoms with Gasteiger partial charge in [-0.2, -0.15) is 0 Å². The van der Waals surface area contributed by atoms with Crippen LogP contribution in [0.4, 0.5) is 4.39 Å². The largest absolute Gasteiger partial charge is 0.464 e. The van der Waals surface area contributed by atoms with Gasteiger partial charge < -0.3 is 15.5 Å². The monoisotopic (exact) mass is 303 g/mol. The second kappa shape index (κ2) is 4.92. The Morgan fingerprint density at radius 1 is 1.45 bits per heavy atom. The van der Waals surface area contributed by atoms with Crippen molar-refractivity contribution in [2.45, 2.75) is 12.0 Å². The highest BCUT2D eigenvalue weighted by Crippen LogP contribution is 2.30. The number of hydrogen-bond donors (Lipinski definition) is 3. The van der Waals surface area contributed by atoms with Gasteiger partial charge >= 0.3 is 5.97 Å². The summed E-state index contributed by atoms with van der Waals surface area (Å²) in [4.78, 5) is 21.9. The van der Waals surface area contributed by atoms with Gasteiger partial charge in [0.2, 0.25) is 5.67 Å². The number of esters is 1. The van der Waals surface area contributed by atoms with Crippen LogP contribution in [0.3, 0.4) is 0 Å². The molecule has 2 atom stereocenters. The van der Waals surface area contributed by atoms with E-state index in [9.17, 15) is 4.79 Å². The number of methoxy groups -OCH3 is 1. The lowest BCUT2D eigenvalue weighted by Gasteiger charge is -2.25. The van der Waals surface area contributed by atoms with Gasteiger partial charge in [-0.15, -0.1) is 0 Å². The maximum Gasteiger partial charge on any atom is 0.354 e. The van der Waals surface area contributed by atoms with Crippen LogP contribution in [-0.4, -0.2) is 36.4 Å². The fourth-order valence-electron chi connectivity index (χ4n) is 2.31. The summed E-state index contributed by atoms with van der Waals surface area (Å²) in [6, 6.07) is 6.40. The maximum atomic E-state index is 15.1. The van der Waals surface area contributed by atoms with E-state index in [1.807, 2.05) is 0 Å². The van der Waals surface area contributed by atoms with Crippen LogP contribution in [0.2, 0.25) is 0 Å². The number of amidine groups is 1. The van der Waals surface area contributed by atoms with Gasteiger partial charge in [-0.25, -0.2) is 14.2 Å². The molecule has 1 aromatic heterocycles. The SMILES string of the molecule is COC(=O)c1cc2ccc(C3(F)C=NC(N)N=C3N)cc2[nH]1. The van der Waals surface area contributed by atoms with Crippen molar-refractivity contribution in [2.24, 2.45) is 21.5 Å². The first-order valence-corrected chi connectivity index (χ1v) is 6.48. The highest BCUT2D eigenvalue weighted by molar-refractivity contribution is 6.07. The third-order valence-corrected chi connectivity index (χ3v) is 3.50. The molecule has 114 valence electrons. The number of fused-ring (bicyclic) bond motifs is 1. The van der Waals surface area contributed by atoms with Gasteiger partial charge in [-0.1, -0.05) is 12.1 Å². The number of carbonyl (C=O) groups is 1. The Morgan fingerprint density at radius 3 is 2.91 bits per heavy atom. The van der Waals surface area contributed by atoms with Crippen LogP contribution < -0.4 is 11.5 Å². The van der Waals surface area contributed by atoms with Crippen LogP contribution in [0.5, 0.6) is 0 Å². The van der Waals surface area contributed by atoms with Crippen LogP contribution in [0, 0.1) is 0 Å². The Bertz CT molecular complexity index is 813. The fourth-order valence-corrected chi connectivity index (χ4v) is 2.31. The molecule has 0 aliphatic carbocycles. The average Bonchev–Trinajstić information content (AvgIpc) is 2.93. The van der Waals surface area contributed by atoms with Crippen molar-refractivity contribution in [1.29, 1.82) is 0 Å². The molecule has 1 aliphatic heterocycles. The molecule has 0 saturated carbocycles. The van der Waals surface area contributed by atoms with Crippen molar-refractivity contribution in [3.8, 4) is 0 Å². The summed E-state index contributed by atoms with van der Waals surface area (Å²) in [7, 11) is 1.29. The molecule has 2 unspecified atom stereocenters. The summed E-state index contributed by atoms with van der Waals surface area (Å²) >= 11 is 0. The molecule has 3 rings (SSSR count). The van der Waals surface area contributed by atoms with E-state index in [-0.39, 0.29) is 17.1 Å². The number of aromatic nitrogens is 1. The number of hydrogen-bond acceptors (Lipinski definition) is 6. The lowest BCUT2D eigenvalue weighted by molar-refractivity contribution is 0.0595. The lowest BCUT2D eigenvalue weighted by Crippen LogP contribution is -2.44. The number of nitrogens with two attached hydrogens (primary N) is 2. The van der Waals surface area contributed by atoms with Crippen molar-refractivity contribution >= 4 is 28.9 Å². The van der Waals surface area contributed by atoms with Gasteiger partial charge in [0.1, 0.15) is 11.5 Å². The summed E-state index contributed by atoms with van der Waals surface area (Å²) in [5, 5.41) is 0.743. The fraction of sp³-hybridized carbons (Fsp3) is 0.214. The molecule has 0 saturated heterocycles. The average molecular weight is 303 g/mol. The van der Waals surface area contributed by atoms with Crippen LogP contribution in [0.25, 0.3) is 10.9 Å². The van der Waals surface area contributed by atoms with Crippen LogP contribution in [-0.2, 0) is 10.4 Å². The Morgan fingerprint density at radius 2 is 2.23 bits per heavy atom. The number of alkyl halides is 1. The molecule has 5 N–H and O–H groups in total. The van der Waals surface area contributed by atoms with Crippen molar-refractivity contribution in [2.75, 3.05) is 7.11 Å². The number of carbonyl (C=O) groups excluding carboxylic acids is 1. The molecule has 1 aliphatic rings. The molecule has 2 aromatic rings. The molecular weight excluding hydrogens is 289 g/mol. The zero-order valence-electron chi connectivity index (χ0n) is 11.7. The van der Waals surface area contributed by atoms with Gasteiger partial charge in [-0.3, -0.25) is 10.7 Å². The van der Waals surface area contributed by atoms with E-state index in [1.54, 1.807) is 24.3 Å². The van der Waals surface area contributed by atoms with Gasteiger partial charge in [0.15, 0.2) is 6.29 Å². The van der Waals surface area contributed by atoms with Crippen molar-refractivity contribution in [3.05, 3.63) is 35.5 Å². The third kappa shape index (κ3) is 2.13. The Hall–Kier alpha value is -2.74. The van der Waals surface area contributed by atoms with E-state index in [0.29, 0.717) is 5.52 Å². The zero-order chi connectivity index (χ0) is 15.9. The zero-order valence-corrected chi connectivity index (χ0v) is 11.7. The molecular formula is C14H14FN5O2. The molecule has 2 heterocycles. The van der Waals surface area contributed by atoms with Crippen LogP contribution in [0.15, 0.2) is 34.3 Å². The van der Waals surface area contributed by atoms with E-state index >= 15 is 4.39 Å². The predicted molar refractivity (Wildman–Crippen MR) is 80.5 cm³/mol. The van der Waals surface area contributed by atoms with Crippen molar-refractivity contribution in [1.82, 2.24) is 4.98 Å². The molecule has 0 amide bonds. The van der Waals surface area contributed by atoms with E-state index < -0.39 is 17.9 Å². The normalized spacial score (nSPS) is 24.3. The third-order valence-electron chi connectivity index (χ3n) is 3.50. The Balaban J connectivity index is 2.07. The number of H-pyrrole nitrogens is 1. The highest BCUT2D eigenvalue weighted by atomic mass is 19.1. The van der Waals surface area contributed by atoms with E-state index in [2.05, 4.69) is 19.7 Å². The number of aromatic amines is 1. The molecule has 0 radical (unpaired) electrons. The molecule has 0 spiro atoms. The summed E-state index contributed by atoms with van der Waals surface area (Å²) in [5.74, 6) is -0.756. The number of nitrogens with one attached hydrogen (secondary N) is 1. The van der Waals surface area contributed by atoms with E-state index in [4.69, 9.17) is 11.5 Å². The number of aliphatic imine (C=N–C) groups is 2. The maximum absolute atomic E-state index is 15.1. The van der Waals surface area contributed by atoms with Gasteiger partial charge in [0.25, 0.3) is 0 Å². The molecule has 1 aromatic carbocycles. The quantitative estimate of drug-likeness (QED) is 0.711. The minimum atomic E-state index is -2.12. The summed E-state index contributed by atoms with van der Waals surface area (Å²) in [6.07, 6.45) is 0.162. The Kier molecular flexibility index (Phi) is 3.18. The number of ether oxygens (including phenoxy) is 1. The number of halogens is 1. The Labute approximate surface area is 124 Å². The minimum Gasteiger partial charge on any atom is -0.464 e. The summed E-state index contributed by atoms with van der Waals surface area (Å²) in [6.45, 7) is 0. The predicted octanol–water partition coefficient (Wildman–Crippen LogP) is 0.803. The number of rotatable bonds is 2. The second-order valence-corrected chi connectivity index (χ2v) is 4.89. The summed E-state index contributed by atoms with van der Waals surface area (Å²) < 4.78 is 19.7. The van der Waals surface area contributed by atoms with Gasteiger partial charge in [-0.05, 0) is 12.1 Å². The smallest absolute Gasteiger partial charge is 0.354 e. The molecule has 22 heavy (non-hydrogen) atoms. The minimum absolute atomic E-state index is 0.246. The van der Waals surface area contributed by atoms with Crippen molar-refractivity contribution in [3.63, 3.8) is 0 Å². The molecule has 8 heteroatoms. The molecule has 0 bridgehead atoms. The number of nitrogens with zero attached hydrogens (tertiary/aromatic N) is 2. The lowest BCUT2D eigenvalue weighted by atomic mass is 9.94. The second-order valence-electron chi connectivity index (χ2n) is 4.89. The first-order chi connectivity index (χ1) is 10.4. The number of benzene rings is 1. The first kappa shape index (κ1) is 14.2.